The first kappa shape index (κ1) is 15.8. The molecule has 0 saturated heterocycles. The van der Waals surface area contributed by atoms with Crippen molar-refractivity contribution in [3.63, 3.8) is 0 Å². The maximum absolute atomic E-state index is 12.0. The lowest BCUT2D eigenvalue weighted by atomic mass is 10.2. The van der Waals surface area contributed by atoms with Gasteiger partial charge in [0, 0.05) is 10.0 Å². The second-order valence-electron chi connectivity index (χ2n) is 4.56. The number of carbonyl (C=O) groups is 1. The minimum Gasteiger partial charge on any atom is -0.411 e. The monoisotopic (exact) mass is 389 g/mol. The molecule has 3 aromatic rings. The van der Waals surface area contributed by atoms with Crippen LogP contribution in [-0.2, 0) is 4.79 Å². The Morgan fingerprint density at radius 2 is 1.83 bits per heavy atom. The molecule has 0 aliphatic heterocycles. The Morgan fingerprint density at radius 3 is 2.61 bits per heavy atom. The lowest BCUT2D eigenvalue weighted by Crippen LogP contribution is -2.14. The molecule has 0 aliphatic carbocycles. The second-order valence-corrected chi connectivity index (χ2v) is 6.34. The summed E-state index contributed by atoms with van der Waals surface area (Å²) in [5.41, 5.74) is 1.58. The van der Waals surface area contributed by atoms with E-state index in [4.69, 9.17) is 4.42 Å². The van der Waals surface area contributed by atoms with Crippen molar-refractivity contribution in [3.05, 3.63) is 59.1 Å². The van der Waals surface area contributed by atoms with Crippen molar-refractivity contribution in [2.75, 3.05) is 11.1 Å². The van der Waals surface area contributed by atoms with E-state index in [2.05, 4.69) is 31.4 Å². The number of nitrogens with zero attached hydrogens (tertiary/aromatic N) is 2. The standard InChI is InChI=1S/C16H12BrN3O2S/c17-12-8-4-5-9-13(12)18-14(21)10-23-16-20-19-15(22-16)11-6-2-1-3-7-11/h1-9H,10H2,(H,18,21). The van der Waals surface area contributed by atoms with Gasteiger partial charge in [0.2, 0.25) is 11.8 Å². The molecule has 1 amide bonds. The highest BCUT2D eigenvalue weighted by Crippen LogP contribution is 2.24. The molecule has 0 bridgehead atoms. The Labute approximate surface area is 145 Å². The van der Waals surface area contributed by atoms with Gasteiger partial charge in [-0.05, 0) is 40.2 Å². The first-order valence-corrected chi connectivity index (χ1v) is 8.56. The maximum atomic E-state index is 12.0. The minimum absolute atomic E-state index is 0.138. The highest BCUT2D eigenvalue weighted by atomic mass is 79.9. The Bertz CT molecular complexity index is 808. The molecule has 0 unspecified atom stereocenters. The molecular weight excluding hydrogens is 378 g/mol. The number of amides is 1. The largest absolute Gasteiger partial charge is 0.411 e. The Morgan fingerprint density at radius 1 is 1.09 bits per heavy atom. The van der Waals surface area contributed by atoms with Crippen molar-refractivity contribution in [2.24, 2.45) is 0 Å². The van der Waals surface area contributed by atoms with E-state index in [0.29, 0.717) is 11.1 Å². The molecule has 116 valence electrons. The SMILES string of the molecule is O=C(CSc1nnc(-c2ccccc2)o1)Nc1ccccc1Br. The zero-order chi connectivity index (χ0) is 16.1. The third-order valence-corrected chi connectivity index (χ3v) is 4.41. The summed E-state index contributed by atoms with van der Waals surface area (Å²) >= 11 is 4.59. The van der Waals surface area contributed by atoms with Gasteiger partial charge in [0.25, 0.3) is 5.22 Å². The molecule has 0 radical (unpaired) electrons. The smallest absolute Gasteiger partial charge is 0.277 e. The van der Waals surface area contributed by atoms with Gasteiger partial charge >= 0.3 is 0 Å². The van der Waals surface area contributed by atoms with Crippen LogP contribution >= 0.6 is 27.7 Å². The number of halogens is 1. The number of carbonyl (C=O) groups excluding carboxylic acids is 1. The van der Waals surface area contributed by atoms with Crippen LogP contribution in [0.5, 0.6) is 0 Å². The number of anilines is 1. The van der Waals surface area contributed by atoms with E-state index in [9.17, 15) is 4.79 Å². The molecule has 2 aromatic carbocycles. The molecule has 1 N–H and O–H groups in total. The molecule has 5 nitrogen and oxygen atoms in total. The summed E-state index contributed by atoms with van der Waals surface area (Å²) in [6.07, 6.45) is 0. The number of hydrogen-bond donors (Lipinski definition) is 1. The predicted octanol–water partition coefficient (Wildman–Crippen LogP) is 4.23. The van der Waals surface area contributed by atoms with Gasteiger partial charge in [-0.2, -0.15) is 0 Å². The number of benzene rings is 2. The van der Waals surface area contributed by atoms with Gasteiger partial charge in [-0.15, -0.1) is 10.2 Å². The van der Waals surface area contributed by atoms with Crippen molar-refractivity contribution in [3.8, 4) is 11.5 Å². The lowest BCUT2D eigenvalue weighted by molar-refractivity contribution is -0.113. The third kappa shape index (κ3) is 4.20. The number of thioether (sulfide) groups is 1. The van der Waals surface area contributed by atoms with E-state index in [0.717, 1.165) is 15.7 Å². The van der Waals surface area contributed by atoms with Gasteiger partial charge in [0.05, 0.1) is 11.4 Å². The highest BCUT2D eigenvalue weighted by molar-refractivity contribution is 9.10. The Kier molecular flexibility index (Phi) is 5.09. The minimum atomic E-state index is -0.138. The predicted molar refractivity (Wildman–Crippen MR) is 93.2 cm³/mol. The molecule has 7 heteroatoms. The van der Waals surface area contributed by atoms with Gasteiger partial charge in [-0.3, -0.25) is 4.79 Å². The van der Waals surface area contributed by atoms with Gasteiger partial charge < -0.3 is 9.73 Å². The lowest BCUT2D eigenvalue weighted by Gasteiger charge is -2.05. The number of para-hydroxylation sites is 1. The van der Waals surface area contributed by atoms with Crippen LogP contribution < -0.4 is 5.32 Å². The molecule has 1 heterocycles. The summed E-state index contributed by atoms with van der Waals surface area (Å²) in [5, 5.41) is 11.1. The normalized spacial score (nSPS) is 10.5. The van der Waals surface area contributed by atoms with Crippen molar-refractivity contribution >= 4 is 39.3 Å². The van der Waals surface area contributed by atoms with Gasteiger partial charge in [-0.25, -0.2) is 0 Å². The topological polar surface area (TPSA) is 68.0 Å². The molecule has 1 aromatic heterocycles. The van der Waals surface area contributed by atoms with Crippen molar-refractivity contribution in [1.29, 1.82) is 0 Å². The number of hydrogen-bond acceptors (Lipinski definition) is 5. The zero-order valence-corrected chi connectivity index (χ0v) is 14.3. The fourth-order valence-corrected chi connectivity index (χ4v) is 2.79. The van der Waals surface area contributed by atoms with Crippen LogP contribution in [0.4, 0.5) is 5.69 Å². The number of rotatable bonds is 5. The fraction of sp³-hybridized carbons (Fsp3) is 0.0625. The van der Waals surface area contributed by atoms with Gasteiger partial charge in [0.1, 0.15) is 0 Å². The van der Waals surface area contributed by atoms with Crippen molar-refractivity contribution in [1.82, 2.24) is 10.2 Å². The summed E-state index contributed by atoms with van der Waals surface area (Å²) in [7, 11) is 0. The third-order valence-electron chi connectivity index (χ3n) is 2.90. The van der Waals surface area contributed by atoms with Crippen molar-refractivity contribution in [2.45, 2.75) is 5.22 Å². The van der Waals surface area contributed by atoms with E-state index in [1.54, 1.807) is 0 Å². The first-order chi connectivity index (χ1) is 11.2. The number of nitrogens with one attached hydrogen (secondary N) is 1. The summed E-state index contributed by atoms with van der Waals surface area (Å²) in [4.78, 5) is 12.0. The zero-order valence-electron chi connectivity index (χ0n) is 11.9. The van der Waals surface area contributed by atoms with Crippen LogP contribution in [0.15, 0.2) is 68.7 Å². The van der Waals surface area contributed by atoms with Crippen LogP contribution in [0.1, 0.15) is 0 Å². The molecule has 23 heavy (non-hydrogen) atoms. The van der Waals surface area contributed by atoms with Crippen LogP contribution in [0.2, 0.25) is 0 Å². The molecule has 0 atom stereocenters. The van der Waals surface area contributed by atoms with E-state index in [1.807, 2.05) is 54.6 Å². The molecule has 0 fully saturated rings. The summed E-state index contributed by atoms with van der Waals surface area (Å²) in [6, 6.07) is 16.9. The van der Waals surface area contributed by atoms with Crippen LogP contribution in [-0.4, -0.2) is 21.9 Å². The van der Waals surface area contributed by atoms with E-state index in [-0.39, 0.29) is 11.7 Å². The fourth-order valence-electron chi connectivity index (χ4n) is 1.84. The molecular formula is C16H12BrN3O2S. The first-order valence-electron chi connectivity index (χ1n) is 6.78. The van der Waals surface area contributed by atoms with E-state index in [1.165, 1.54) is 11.8 Å². The van der Waals surface area contributed by atoms with Crippen LogP contribution in [0, 0.1) is 0 Å². The van der Waals surface area contributed by atoms with Crippen LogP contribution in [0.3, 0.4) is 0 Å². The van der Waals surface area contributed by atoms with Gasteiger partial charge in [0.15, 0.2) is 0 Å². The molecule has 0 aliphatic rings. The quantitative estimate of drug-likeness (QED) is 0.661. The maximum Gasteiger partial charge on any atom is 0.277 e. The average Bonchev–Trinajstić information content (AvgIpc) is 3.05. The van der Waals surface area contributed by atoms with E-state index >= 15 is 0 Å². The molecule has 3 rings (SSSR count). The summed E-state index contributed by atoms with van der Waals surface area (Å²) in [6.45, 7) is 0. The molecule has 0 spiro atoms. The van der Waals surface area contributed by atoms with Gasteiger partial charge in [-0.1, -0.05) is 42.1 Å². The van der Waals surface area contributed by atoms with Crippen LogP contribution in [0.25, 0.3) is 11.5 Å². The molecule has 0 saturated carbocycles. The van der Waals surface area contributed by atoms with E-state index < -0.39 is 0 Å². The van der Waals surface area contributed by atoms with Crippen molar-refractivity contribution < 1.29 is 9.21 Å². The highest BCUT2D eigenvalue weighted by Gasteiger charge is 2.11. The number of aromatic nitrogens is 2. The summed E-state index contributed by atoms with van der Waals surface area (Å²) in [5.74, 6) is 0.498. The second kappa shape index (κ2) is 7.43. The Hall–Kier alpha value is -2.12. The Balaban J connectivity index is 1.58. The average molecular weight is 390 g/mol. The summed E-state index contributed by atoms with van der Waals surface area (Å²) < 4.78 is 6.38.